The lowest BCUT2D eigenvalue weighted by Crippen LogP contribution is -2.36. The Bertz CT molecular complexity index is 598. The van der Waals surface area contributed by atoms with Gasteiger partial charge in [-0.05, 0) is 44.1 Å². The van der Waals surface area contributed by atoms with Crippen LogP contribution >= 0.6 is 12.2 Å². The zero-order valence-corrected chi connectivity index (χ0v) is 13.3. The quantitative estimate of drug-likeness (QED) is 0.851. The lowest BCUT2D eigenvalue weighted by Gasteiger charge is -2.29. The van der Waals surface area contributed by atoms with Crippen LogP contribution in [0, 0.1) is 10.7 Å². The molecule has 0 atom stereocenters. The van der Waals surface area contributed by atoms with E-state index in [2.05, 4.69) is 42.8 Å². The van der Waals surface area contributed by atoms with E-state index >= 15 is 0 Å². The van der Waals surface area contributed by atoms with Crippen molar-refractivity contribution in [3.05, 3.63) is 35.1 Å². The summed E-state index contributed by atoms with van der Waals surface area (Å²) >= 11 is 5.39. The van der Waals surface area contributed by atoms with Gasteiger partial charge in [0.05, 0.1) is 5.69 Å². The van der Waals surface area contributed by atoms with Crippen molar-refractivity contribution in [1.82, 2.24) is 14.8 Å². The van der Waals surface area contributed by atoms with Gasteiger partial charge in [0.2, 0.25) is 10.7 Å². The highest BCUT2D eigenvalue weighted by molar-refractivity contribution is 7.71. The SMILES string of the molecule is CC(C)CN(c1n[nH]c(=S)n1-c1ccccc1)C(C)C. The van der Waals surface area contributed by atoms with Crippen LogP contribution in [0.4, 0.5) is 5.95 Å². The first-order valence-corrected chi connectivity index (χ1v) is 7.41. The van der Waals surface area contributed by atoms with Gasteiger partial charge in [-0.3, -0.25) is 4.57 Å². The largest absolute Gasteiger partial charge is 0.338 e. The molecule has 108 valence electrons. The number of anilines is 1. The molecule has 0 unspecified atom stereocenters. The second-order valence-electron chi connectivity index (χ2n) is 5.64. The number of hydrogen-bond donors (Lipinski definition) is 1. The number of H-pyrrole nitrogens is 1. The predicted molar refractivity (Wildman–Crippen MR) is 86.1 cm³/mol. The van der Waals surface area contributed by atoms with Crippen molar-refractivity contribution in [2.45, 2.75) is 33.7 Å². The standard InChI is InChI=1S/C15H22N4S/c1-11(2)10-18(12(3)4)14-16-17-15(20)19(14)13-8-6-5-7-9-13/h5-9,11-12H,10H2,1-4H3,(H,17,20). The van der Waals surface area contributed by atoms with E-state index in [9.17, 15) is 0 Å². The first-order chi connectivity index (χ1) is 9.50. The molecule has 0 amide bonds. The van der Waals surface area contributed by atoms with Gasteiger partial charge in [0, 0.05) is 12.6 Å². The Morgan fingerprint density at radius 1 is 1.20 bits per heavy atom. The molecule has 5 heteroatoms. The third-order valence-electron chi connectivity index (χ3n) is 3.11. The van der Waals surface area contributed by atoms with Crippen molar-refractivity contribution >= 4 is 18.2 Å². The summed E-state index contributed by atoms with van der Waals surface area (Å²) in [7, 11) is 0. The molecule has 0 saturated heterocycles. The van der Waals surface area contributed by atoms with E-state index in [1.165, 1.54) is 0 Å². The van der Waals surface area contributed by atoms with E-state index < -0.39 is 0 Å². The number of nitrogens with one attached hydrogen (secondary N) is 1. The third-order valence-corrected chi connectivity index (χ3v) is 3.38. The Morgan fingerprint density at radius 2 is 1.85 bits per heavy atom. The Kier molecular flexibility index (Phi) is 4.60. The summed E-state index contributed by atoms with van der Waals surface area (Å²) in [6, 6.07) is 10.5. The molecule has 1 aromatic carbocycles. The van der Waals surface area contributed by atoms with Gasteiger partial charge in [0.15, 0.2) is 0 Å². The highest BCUT2D eigenvalue weighted by atomic mass is 32.1. The minimum atomic E-state index is 0.366. The molecular weight excluding hydrogens is 268 g/mol. The highest BCUT2D eigenvalue weighted by Crippen LogP contribution is 2.21. The van der Waals surface area contributed by atoms with E-state index in [1.807, 2.05) is 34.9 Å². The zero-order valence-electron chi connectivity index (χ0n) is 12.5. The molecule has 0 aliphatic rings. The average Bonchev–Trinajstić information content (AvgIpc) is 2.78. The molecule has 4 nitrogen and oxygen atoms in total. The lowest BCUT2D eigenvalue weighted by atomic mass is 10.2. The lowest BCUT2D eigenvalue weighted by molar-refractivity contribution is 0.557. The van der Waals surface area contributed by atoms with Gasteiger partial charge in [-0.2, -0.15) is 0 Å². The molecule has 0 aliphatic heterocycles. The Hall–Kier alpha value is -1.62. The molecule has 20 heavy (non-hydrogen) atoms. The molecule has 0 spiro atoms. The van der Waals surface area contributed by atoms with Gasteiger partial charge in [-0.25, -0.2) is 5.10 Å². The van der Waals surface area contributed by atoms with Crippen molar-refractivity contribution in [1.29, 1.82) is 0 Å². The zero-order chi connectivity index (χ0) is 14.7. The number of para-hydroxylation sites is 1. The molecule has 0 saturated carbocycles. The fraction of sp³-hybridized carbons (Fsp3) is 0.467. The summed E-state index contributed by atoms with van der Waals surface area (Å²) < 4.78 is 2.62. The first kappa shape index (κ1) is 14.8. The number of benzene rings is 1. The van der Waals surface area contributed by atoms with Crippen molar-refractivity contribution in [2.24, 2.45) is 5.92 Å². The second-order valence-corrected chi connectivity index (χ2v) is 6.03. The molecule has 2 rings (SSSR count). The maximum atomic E-state index is 5.39. The third kappa shape index (κ3) is 3.10. The van der Waals surface area contributed by atoms with E-state index in [0.717, 1.165) is 18.2 Å². The predicted octanol–water partition coefficient (Wildman–Crippen LogP) is 3.80. The van der Waals surface area contributed by atoms with Crippen LogP contribution in [0.1, 0.15) is 27.7 Å². The van der Waals surface area contributed by atoms with Crippen molar-refractivity contribution in [3.8, 4) is 5.69 Å². The average molecular weight is 290 g/mol. The monoisotopic (exact) mass is 290 g/mol. The van der Waals surface area contributed by atoms with Crippen LogP contribution < -0.4 is 4.90 Å². The number of rotatable bonds is 5. The second kappa shape index (κ2) is 6.22. The van der Waals surface area contributed by atoms with Crippen LogP contribution in [0.2, 0.25) is 0 Å². The van der Waals surface area contributed by atoms with E-state index in [4.69, 9.17) is 12.2 Å². The minimum Gasteiger partial charge on any atom is -0.338 e. The molecule has 2 aromatic rings. The van der Waals surface area contributed by atoms with E-state index in [0.29, 0.717) is 16.7 Å². The number of nitrogens with zero attached hydrogens (tertiary/aromatic N) is 3. The maximum Gasteiger partial charge on any atom is 0.230 e. The van der Waals surface area contributed by atoms with E-state index in [-0.39, 0.29) is 0 Å². The van der Waals surface area contributed by atoms with Crippen molar-refractivity contribution < 1.29 is 0 Å². The summed E-state index contributed by atoms with van der Waals surface area (Å²) in [5.41, 5.74) is 1.04. The topological polar surface area (TPSA) is 36.9 Å². The van der Waals surface area contributed by atoms with Crippen molar-refractivity contribution in [3.63, 3.8) is 0 Å². The van der Waals surface area contributed by atoms with Gasteiger partial charge in [-0.15, -0.1) is 5.10 Å². The van der Waals surface area contributed by atoms with Crippen LogP contribution in [-0.2, 0) is 0 Å². The van der Waals surface area contributed by atoms with Crippen LogP contribution in [-0.4, -0.2) is 27.4 Å². The number of aromatic amines is 1. The molecule has 0 aliphatic carbocycles. The Balaban J connectivity index is 2.50. The summed E-state index contributed by atoms with van der Waals surface area (Å²) in [6.45, 7) is 9.72. The fourth-order valence-corrected chi connectivity index (χ4v) is 2.44. The van der Waals surface area contributed by atoms with Crippen LogP contribution in [0.5, 0.6) is 0 Å². The molecule has 0 radical (unpaired) electrons. The number of hydrogen-bond acceptors (Lipinski definition) is 3. The minimum absolute atomic E-state index is 0.366. The Labute approximate surface area is 125 Å². The van der Waals surface area contributed by atoms with Crippen LogP contribution in [0.25, 0.3) is 5.69 Å². The Morgan fingerprint density at radius 3 is 2.40 bits per heavy atom. The molecule has 0 bridgehead atoms. The van der Waals surface area contributed by atoms with E-state index in [1.54, 1.807) is 0 Å². The van der Waals surface area contributed by atoms with Gasteiger partial charge in [-0.1, -0.05) is 32.0 Å². The van der Waals surface area contributed by atoms with Gasteiger partial charge in [0.25, 0.3) is 0 Å². The van der Waals surface area contributed by atoms with Gasteiger partial charge >= 0.3 is 0 Å². The van der Waals surface area contributed by atoms with Crippen molar-refractivity contribution in [2.75, 3.05) is 11.4 Å². The summed E-state index contributed by atoms with van der Waals surface area (Å²) in [5.74, 6) is 1.44. The van der Waals surface area contributed by atoms with Gasteiger partial charge < -0.3 is 4.90 Å². The smallest absolute Gasteiger partial charge is 0.230 e. The molecular formula is C15H22N4S. The molecule has 0 fully saturated rings. The fourth-order valence-electron chi connectivity index (χ4n) is 2.21. The number of aromatic nitrogens is 3. The van der Waals surface area contributed by atoms with Crippen LogP contribution in [0.3, 0.4) is 0 Å². The maximum absolute atomic E-state index is 5.39. The summed E-state index contributed by atoms with van der Waals surface area (Å²) in [6.07, 6.45) is 0. The van der Waals surface area contributed by atoms with Crippen LogP contribution in [0.15, 0.2) is 30.3 Å². The van der Waals surface area contributed by atoms with Gasteiger partial charge in [0.1, 0.15) is 0 Å². The summed E-state index contributed by atoms with van der Waals surface area (Å²) in [5, 5.41) is 7.36. The first-order valence-electron chi connectivity index (χ1n) is 7.00. The molecule has 1 N–H and O–H groups in total. The highest BCUT2D eigenvalue weighted by Gasteiger charge is 2.19. The molecule has 1 heterocycles. The normalized spacial score (nSPS) is 11.3. The summed E-state index contributed by atoms with van der Waals surface area (Å²) in [4.78, 5) is 2.28. The molecule has 1 aromatic heterocycles.